The molecule has 0 atom stereocenters. The molecule has 4 rings (SSSR count). The Kier molecular flexibility index (Phi) is 7.45. The molecule has 1 aliphatic rings. The van der Waals surface area contributed by atoms with E-state index in [0.29, 0.717) is 44.8 Å². The van der Waals surface area contributed by atoms with Gasteiger partial charge in [-0.05, 0) is 45.2 Å². The first-order valence-corrected chi connectivity index (χ1v) is 12.8. The Morgan fingerprint density at radius 3 is 2.33 bits per heavy atom. The zero-order valence-electron chi connectivity index (χ0n) is 22.3. The van der Waals surface area contributed by atoms with E-state index < -0.39 is 0 Å². The number of hydrogen-bond acceptors (Lipinski definition) is 5. The minimum atomic E-state index is -0.248. The van der Waals surface area contributed by atoms with Crippen molar-refractivity contribution in [2.24, 2.45) is 0 Å². The third-order valence-electron chi connectivity index (χ3n) is 6.65. The molecule has 0 aliphatic carbocycles. The Hall–Kier alpha value is -3.26. The molecule has 1 saturated heterocycles. The Balaban J connectivity index is 1.46. The topological polar surface area (TPSA) is 83.4 Å². The van der Waals surface area contributed by atoms with Crippen LogP contribution in [0, 0.1) is 6.92 Å². The van der Waals surface area contributed by atoms with E-state index in [-0.39, 0.29) is 23.3 Å². The molecule has 192 valence electrons. The maximum atomic E-state index is 13.8. The summed E-state index contributed by atoms with van der Waals surface area (Å²) in [6.45, 7) is 15.8. The summed E-state index contributed by atoms with van der Waals surface area (Å²) in [6.07, 6.45) is 0. The van der Waals surface area contributed by atoms with Gasteiger partial charge in [-0.3, -0.25) is 14.5 Å². The van der Waals surface area contributed by atoms with E-state index in [1.165, 1.54) is 0 Å². The van der Waals surface area contributed by atoms with Crippen LogP contribution in [-0.4, -0.2) is 69.1 Å². The number of nitrogens with one attached hydrogen (secondary N) is 1. The van der Waals surface area contributed by atoms with E-state index >= 15 is 0 Å². The van der Waals surface area contributed by atoms with Gasteiger partial charge in [0.1, 0.15) is 0 Å². The lowest BCUT2D eigenvalue weighted by Crippen LogP contribution is -2.51. The second-order valence-corrected chi connectivity index (χ2v) is 10.9. The van der Waals surface area contributed by atoms with E-state index in [9.17, 15) is 9.59 Å². The summed E-state index contributed by atoms with van der Waals surface area (Å²) >= 11 is 0. The van der Waals surface area contributed by atoms with Gasteiger partial charge in [0.2, 0.25) is 5.91 Å². The standard InChI is InChI=1S/C28H38N6O2/c1-19(2)23-16-22(25-20(3)31-34(26(25)30-23)28(4,5)6)27(36)33-14-12-32(13-15-33)18-24(35)29-17-21-10-8-7-9-11-21/h7-11,16,19H,12-15,17-18H2,1-6H3,(H,29,35). The van der Waals surface area contributed by atoms with Crippen LogP contribution in [0.15, 0.2) is 36.4 Å². The van der Waals surface area contributed by atoms with Gasteiger partial charge < -0.3 is 10.2 Å². The van der Waals surface area contributed by atoms with Gasteiger partial charge in [0.25, 0.3) is 5.91 Å². The quantitative estimate of drug-likeness (QED) is 0.570. The number of carbonyl (C=O) groups is 2. The minimum absolute atomic E-state index is 0.00117. The molecule has 36 heavy (non-hydrogen) atoms. The number of aromatic nitrogens is 3. The van der Waals surface area contributed by atoms with Gasteiger partial charge in [-0.1, -0.05) is 44.2 Å². The number of fused-ring (bicyclic) bond motifs is 1. The Morgan fingerprint density at radius 1 is 1.06 bits per heavy atom. The molecule has 8 nitrogen and oxygen atoms in total. The molecule has 2 aromatic heterocycles. The highest BCUT2D eigenvalue weighted by Gasteiger charge is 2.29. The van der Waals surface area contributed by atoms with Gasteiger partial charge in [-0.15, -0.1) is 0 Å². The number of piperazine rings is 1. The van der Waals surface area contributed by atoms with Crippen molar-refractivity contribution in [3.05, 3.63) is 58.9 Å². The normalized spacial score (nSPS) is 15.0. The lowest BCUT2D eigenvalue weighted by Gasteiger charge is -2.34. The van der Waals surface area contributed by atoms with Crippen molar-refractivity contribution in [2.45, 2.75) is 59.5 Å². The molecule has 0 unspecified atom stereocenters. The van der Waals surface area contributed by atoms with Gasteiger partial charge >= 0.3 is 0 Å². The molecule has 8 heteroatoms. The highest BCUT2D eigenvalue weighted by Crippen LogP contribution is 2.29. The van der Waals surface area contributed by atoms with Crippen LogP contribution in [0.25, 0.3) is 11.0 Å². The number of aryl methyl sites for hydroxylation is 1. The largest absolute Gasteiger partial charge is 0.351 e. The molecule has 0 bridgehead atoms. The third-order valence-corrected chi connectivity index (χ3v) is 6.65. The van der Waals surface area contributed by atoms with Crippen LogP contribution in [0.4, 0.5) is 0 Å². The molecule has 2 amide bonds. The van der Waals surface area contributed by atoms with Crippen LogP contribution >= 0.6 is 0 Å². The van der Waals surface area contributed by atoms with Crippen LogP contribution in [0.3, 0.4) is 0 Å². The van der Waals surface area contributed by atoms with Crippen molar-refractivity contribution in [3.63, 3.8) is 0 Å². The zero-order valence-corrected chi connectivity index (χ0v) is 22.3. The van der Waals surface area contributed by atoms with E-state index in [1.807, 2.05) is 52.9 Å². The number of amides is 2. The molecule has 0 spiro atoms. The van der Waals surface area contributed by atoms with Crippen molar-refractivity contribution in [2.75, 3.05) is 32.7 Å². The fourth-order valence-corrected chi connectivity index (χ4v) is 4.58. The highest BCUT2D eigenvalue weighted by molar-refractivity contribution is 6.06. The average Bonchev–Trinajstić information content (AvgIpc) is 3.20. The second kappa shape index (κ2) is 10.4. The van der Waals surface area contributed by atoms with Crippen LogP contribution in [0.1, 0.15) is 67.8 Å². The molecule has 0 saturated carbocycles. The predicted octanol–water partition coefficient (Wildman–Crippen LogP) is 3.69. The van der Waals surface area contributed by atoms with E-state index in [1.54, 1.807) is 0 Å². The number of nitrogens with zero attached hydrogens (tertiary/aromatic N) is 5. The molecule has 1 aliphatic heterocycles. The minimum Gasteiger partial charge on any atom is -0.351 e. The number of pyridine rings is 1. The molecule has 0 radical (unpaired) electrons. The number of benzene rings is 1. The molecule has 3 heterocycles. The number of carbonyl (C=O) groups excluding carboxylic acids is 2. The number of hydrogen-bond donors (Lipinski definition) is 1. The lowest BCUT2D eigenvalue weighted by atomic mass is 10.0. The number of rotatable bonds is 6. The van der Waals surface area contributed by atoms with Gasteiger partial charge in [0, 0.05) is 38.4 Å². The van der Waals surface area contributed by atoms with E-state index in [2.05, 4.69) is 44.8 Å². The molecule has 1 aromatic carbocycles. The summed E-state index contributed by atoms with van der Waals surface area (Å²) in [7, 11) is 0. The van der Waals surface area contributed by atoms with Crippen molar-refractivity contribution in [3.8, 4) is 0 Å². The summed E-state index contributed by atoms with van der Waals surface area (Å²) in [6, 6.07) is 11.8. The maximum Gasteiger partial charge on any atom is 0.254 e. The van der Waals surface area contributed by atoms with E-state index in [4.69, 9.17) is 10.1 Å². The summed E-state index contributed by atoms with van der Waals surface area (Å²) < 4.78 is 1.94. The van der Waals surface area contributed by atoms with Gasteiger partial charge in [0.05, 0.1) is 28.7 Å². The Morgan fingerprint density at radius 2 is 1.72 bits per heavy atom. The first-order chi connectivity index (χ1) is 17.0. The molecular formula is C28H38N6O2. The van der Waals surface area contributed by atoms with Gasteiger partial charge in [-0.25, -0.2) is 9.67 Å². The first kappa shape index (κ1) is 25.8. The average molecular weight is 491 g/mol. The van der Waals surface area contributed by atoms with Gasteiger partial charge in [-0.2, -0.15) is 5.10 Å². The van der Waals surface area contributed by atoms with Crippen LogP contribution in [0.2, 0.25) is 0 Å². The highest BCUT2D eigenvalue weighted by atomic mass is 16.2. The van der Waals surface area contributed by atoms with Gasteiger partial charge in [0.15, 0.2) is 5.65 Å². The van der Waals surface area contributed by atoms with Crippen LogP contribution < -0.4 is 5.32 Å². The zero-order chi connectivity index (χ0) is 26.0. The molecule has 3 aromatic rings. The molecule has 1 N–H and O–H groups in total. The summed E-state index contributed by atoms with van der Waals surface area (Å²) in [5, 5.41) is 8.59. The van der Waals surface area contributed by atoms with Crippen molar-refractivity contribution in [1.29, 1.82) is 0 Å². The predicted molar refractivity (Wildman–Crippen MR) is 142 cm³/mol. The maximum absolute atomic E-state index is 13.8. The summed E-state index contributed by atoms with van der Waals surface area (Å²) in [5.41, 5.74) is 3.98. The Labute approximate surface area is 213 Å². The van der Waals surface area contributed by atoms with Crippen molar-refractivity contribution < 1.29 is 9.59 Å². The lowest BCUT2D eigenvalue weighted by molar-refractivity contribution is -0.122. The Bertz CT molecular complexity index is 1230. The third kappa shape index (κ3) is 5.59. The molecule has 1 fully saturated rings. The SMILES string of the molecule is Cc1nn(C(C)(C)C)c2nc(C(C)C)cc(C(=O)N3CCN(CC(=O)NCc4ccccc4)CC3)c12. The molecular weight excluding hydrogens is 452 g/mol. The van der Waals surface area contributed by atoms with E-state index in [0.717, 1.165) is 28.0 Å². The van der Waals surface area contributed by atoms with Crippen LogP contribution in [-0.2, 0) is 16.9 Å². The smallest absolute Gasteiger partial charge is 0.254 e. The first-order valence-electron chi connectivity index (χ1n) is 12.8. The summed E-state index contributed by atoms with van der Waals surface area (Å²) in [5.74, 6) is 0.200. The fourth-order valence-electron chi connectivity index (χ4n) is 4.58. The van der Waals surface area contributed by atoms with Crippen molar-refractivity contribution in [1.82, 2.24) is 29.9 Å². The van der Waals surface area contributed by atoms with Crippen molar-refractivity contribution >= 4 is 22.8 Å². The summed E-state index contributed by atoms with van der Waals surface area (Å²) in [4.78, 5) is 35.1. The monoisotopic (exact) mass is 490 g/mol. The second-order valence-electron chi connectivity index (χ2n) is 10.9. The fraction of sp³-hybridized carbons (Fsp3) is 0.500. The van der Waals surface area contributed by atoms with Crippen LogP contribution in [0.5, 0.6) is 0 Å².